The molecule has 1 aliphatic rings. The van der Waals surface area contributed by atoms with Gasteiger partial charge in [0, 0.05) is 4.47 Å². The molecule has 6 heteroatoms. The summed E-state index contributed by atoms with van der Waals surface area (Å²) in [5.41, 5.74) is 1.25. The molecule has 0 bridgehead atoms. The number of anilines is 1. The average Bonchev–Trinajstić information content (AvgIpc) is 2.80. The quantitative estimate of drug-likeness (QED) is 0.754. The highest BCUT2D eigenvalue weighted by molar-refractivity contribution is 9.10. The normalized spacial score (nSPS) is 16.2. The van der Waals surface area contributed by atoms with Gasteiger partial charge in [0.1, 0.15) is 5.52 Å². The Bertz CT molecular complexity index is 635. The predicted octanol–water partition coefficient (Wildman–Crippen LogP) is 1.90. The van der Waals surface area contributed by atoms with Crippen molar-refractivity contribution in [2.45, 2.75) is 6.42 Å². The fourth-order valence-corrected chi connectivity index (χ4v) is 2.10. The Morgan fingerprint density at radius 1 is 1.35 bits per heavy atom. The zero-order chi connectivity index (χ0) is 12.0. The summed E-state index contributed by atoms with van der Waals surface area (Å²) < 4.78 is 6.34. The van der Waals surface area contributed by atoms with Gasteiger partial charge in [-0.1, -0.05) is 15.9 Å². The summed E-state index contributed by atoms with van der Waals surface area (Å²) in [6.45, 7) is 0.0484. The van der Waals surface area contributed by atoms with Crippen LogP contribution >= 0.6 is 15.9 Å². The first-order chi connectivity index (χ1) is 8.13. The number of aromatic nitrogens is 1. The molecule has 1 saturated heterocycles. The predicted molar refractivity (Wildman–Crippen MR) is 63.7 cm³/mol. The van der Waals surface area contributed by atoms with E-state index in [0.717, 1.165) is 4.47 Å². The maximum atomic E-state index is 11.5. The minimum Gasteiger partial charge on any atom is -0.423 e. The van der Waals surface area contributed by atoms with Crippen LogP contribution in [0.25, 0.3) is 11.1 Å². The maximum absolute atomic E-state index is 11.5. The number of rotatable bonds is 1. The van der Waals surface area contributed by atoms with Crippen LogP contribution in [0.4, 0.5) is 6.01 Å². The monoisotopic (exact) mass is 294 g/mol. The lowest BCUT2D eigenvalue weighted by atomic mass is 10.3. The van der Waals surface area contributed by atoms with Gasteiger partial charge in [0.15, 0.2) is 11.4 Å². The van der Waals surface area contributed by atoms with Crippen molar-refractivity contribution >= 4 is 44.7 Å². The molecule has 3 rings (SSSR count). The number of benzene rings is 1. The van der Waals surface area contributed by atoms with Crippen molar-refractivity contribution < 1.29 is 14.0 Å². The average molecular weight is 295 g/mol. The molecule has 1 amide bonds. The van der Waals surface area contributed by atoms with E-state index in [9.17, 15) is 9.59 Å². The van der Waals surface area contributed by atoms with Crippen LogP contribution in [-0.2, 0) is 9.59 Å². The minimum atomic E-state index is -0.263. The molecule has 1 aliphatic heterocycles. The first kappa shape index (κ1) is 10.5. The SMILES string of the molecule is O=C1CC(=O)N(c2nc3ccc(Br)cc3o2)C1. The second-order valence-electron chi connectivity index (χ2n) is 3.80. The molecule has 5 nitrogen and oxygen atoms in total. The Morgan fingerprint density at radius 2 is 2.18 bits per heavy atom. The number of carbonyl (C=O) groups is 2. The number of ketones is 1. The summed E-state index contributed by atoms with van der Waals surface area (Å²) in [5, 5.41) is 0. The third-order valence-corrected chi connectivity index (χ3v) is 3.05. The van der Waals surface area contributed by atoms with Crippen molar-refractivity contribution in [2.75, 3.05) is 11.4 Å². The van der Waals surface area contributed by atoms with E-state index >= 15 is 0 Å². The third-order valence-electron chi connectivity index (χ3n) is 2.55. The van der Waals surface area contributed by atoms with E-state index in [1.165, 1.54) is 4.90 Å². The largest absolute Gasteiger partial charge is 0.423 e. The lowest BCUT2D eigenvalue weighted by Crippen LogP contribution is -2.24. The molecular weight excluding hydrogens is 288 g/mol. The van der Waals surface area contributed by atoms with Crippen molar-refractivity contribution in [3.05, 3.63) is 22.7 Å². The minimum absolute atomic E-state index is 0.0484. The number of hydrogen-bond donors (Lipinski definition) is 0. The molecule has 2 heterocycles. The molecule has 0 spiro atoms. The highest BCUT2D eigenvalue weighted by atomic mass is 79.9. The van der Waals surface area contributed by atoms with E-state index in [1.807, 2.05) is 6.07 Å². The van der Waals surface area contributed by atoms with E-state index < -0.39 is 0 Å². The second-order valence-corrected chi connectivity index (χ2v) is 4.72. The van der Waals surface area contributed by atoms with Gasteiger partial charge in [0.25, 0.3) is 0 Å². The molecule has 17 heavy (non-hydrogen) atoms. The smallest absolute Gasteiger partial charge is 0.305 e. The van der Waals surface area contributed by atoms with Crippen molar-refractivity contribution in [2.24, 2.45) is 0 Å². The van der Waals surface area contributed by atoms with Crippen LogP contribution in [0, 0.1) is 0 Å². The van der Waals surface area contributed by atoms with Crippen LogP contribution in [0.1, 0.15) is 6.42 Å². The van der Waals surface area contributed by atoms with Crippen LogP contribution in [0.3, 0.4) is 0 Å². The molecule has 0 atom stereocenters. The summed E-state index contributed by atoms with van der Waals surface area (Å²) in [4.78, 5) is 28.2. The summed E-state index contributed by atoms with van der Waals surface area (Å²) >= 11 is 3.32. The highest BCUT2D eigenvalue weighted by Crippen LogP contribution is 2.26. The van der Waals surface area contributed by atoms with Crippen LogP contribution in [-0.4, -0.2) is 23.2 Å². The van der Waals surface area contributed by atoms with Gasteiger partial charge in [0.2, 0.25) is 5.91 Å². The topological polar surface area (TPSA) is 63.4 Å². The number of fused-ring (bicyclic) bond motifs is 1. The standard InChI is InChI=1S/C11H7BrN2O3/c12-6-1-2-8-9(3-6)17-11(13-8)14-5-7(15)4-10(14)16/h1-3H,4-5H2. The van der Waals surface area contributed by atoms with Gasteiger partial charge < -0.3 is 4.42 Å². The molecule has 2 aromatic rings. The van der Waals surface area contributed by atoms with Gasteiger partial charge in [0.05, 0.1) is 13.0 Å². The molecule has 0 aliphatic carbocycles. The molecule has 1 aromatic carbocycles. The number of hydrogen-bond acceptors (Lipinski definition) is 4. The Balaban J connectivity index is 2.06. The van der Waals surface area contributed by atoms with Crippen LogP contribution in [0.15, 0.2) is 27.1 Å². The summed E-state index contributed by atoms with van der Waals surface area (Å²) in [7, 11) is 0. The van der Waals surface area contributed by atoms with Crippen LogP contribution in [0.5, 0.6) is 0 Å². The molecular formula is C11H7BrN2O3. The second kappa shape index (κ2) is 3.66. The Kier molecular flexibility index (Phi) is 2.25. The fraction of sp³-hybridized carbons (Fsp3) is 0.182. The van der Waals surface area contributed by atoms with Gasteiger partial charge in [-0.3, -0.25) is 14.5 Å². The van der Waals surface area contributed by atoms with E-state index in [-0.39, 0.29) is 30.7 Å². The first-order valence-corrected chi connectivity index (χ1v) is 5.81. The van der Waals surface area contributed by atoms with Crippen molar-refractivity contribution in [3.8, 4) is 0 Å². The molecule has 0 unspecified atom stereocenters. The summed E-state index contributed by atoms with van der Waals surface area (Å²) in [6, 6.07) is 5.59. The number of Topliss-reactive ketones (excluding diaryl/α,β-unsaturated/α-hetero) is 1. The number of amides is 1. The molecule has 0 saturated carbocycles. The van der Waals surface area contributed by atoms with E-state index in [2.05, 4.69) is 20.9 Å². The third kappa shape index (κ3) is 1.74. The van der Waals surface area contributed by atoms with Gasteiger partial charge in [-0.15, -0.1) is 0 Å². The molecule has 86 valence electrons. The summed E-state index contributed by atoms with van der Waals surface area (Å²) in [5.74, 6) is -0.376. The number of oxazole rings is 1. The Hall–Kier alpha value is -1.69. The van der Waals surface area contributed by atoms with Gasteiger partial charge in [-0.2, -0.15) is 4.98 Å². The number of nitrogens with zero attached hydrogens (tertiary/aromatic N) is 2. The molecule has 0 radical (unpaired) electrons. The number of carbonyl (C=O) groups excluding carboxylic acids is 2. The van der Waals surface area contributed by atoms with Crippen molar-refractivity contribution in [3.63, 3.8) is 0 Å². The lowest BCUT2D eigenvalue weighted by molar-refractivity contribution is -0.121. The molecule has 1 aromatic heterocycles. The number of halogens is 1. The van der Waals surface area contributed by atoms with E-state index in [4.69, 9.17) is 4.42 Å². The van der Waals surface area contributed by atoms with Crippen LogP contribution < -0.4 is 4.90 Å². The zero-order valence-corrected chi connectivity index (χ0v) is 10.2. The molecule has 1 fully saturated rings. The van der Waals surface area contributed by atoms with E-state index in [1.54, 1.807) is 12.1 Å². The van der Waals surface area contributed by atoms with Crippen LogP contribution in [0.2, 0.25) is 0 Å². The van der Waals surface area contributed by atoms with Gasteiger partial charge in [-0.05, 0) is 18.2 Å². The van der Waals surface area contributed by atoms with E-state index in [0.29, 0.717) is 11.1 Å². The summed E-state index contributed by atoms with van der Waals surface area (Å²) in [6.07, 6.45) is -0.0670. The van der Waals surface area contributed by atoms with Crippen molar-refractivity contribution in [1.29, 1.82) is 0 Å². The maximum Gasteiger partial charge on any atom is 0.305 e. The van der Waals surface area contributed by atoms with Gasteiger partial charge in [-0.25, -0.2) is 0 Å². The van der Waals surface area contributed by atoms with Gasteiger partial charge >= 0.3 is 6.01 Å². The van der Waals surface area contributed by atoms with Crippen molar-refractivity contribution in [1.82, 2.24) is 4.98 Å². The Morgan fingerprint density at radius 3 is 2.88 bits per heavy atom. The highest BCUT2D eigenvalue weighted by Gasteiger charge is 2.31. The fourth-order valence-electron chi connectivity index (χ4n) is 1.76. The molecule has 0 N–H and O–H groups in total. The Labute approximate surface area is 105 Å². The zero-order valence-electron chi connectivity index (χ0n) is 8.64. The first-order valence-electron chi connectivity index (χ1n) is 5.01. The lowest BCUT2D eigenvalue weighted by Gasteiger charge is -2.07.